The number of allylic oxidation sites excluding steroid dienone is 1. The summed E-state index contributed by atoms with van der Waals surface area (Å²) in [5.74, 6) is 0. The second-order valence-electron chi connectivity index (χ2n) is 2.36. The van der Waals surface area contributed by atoms with Crippen molar-refractivity contribution in [3.63, 3.8) is 0 Å². The van der Waals surface area contributed by atoms with Gasteiger partial charge >= 0.3 is 0 Å². The molecule has 1 nitrogen and oxygen atoms in total. The Labute approximate surface area is 83.9 Å². The minimum atomic E-state index is 1.09. The Morgan fingerprint density at radius 2 is 2.08 bits per heavy atom. The van der Waals surface area contributed by atoms with Crippen LogP contribution in [0.25, 0.3) is 4.48 Å². The van der Waals surface area contributed by atoms with E-state index in [1.54, 1.807) is 6.21 Å². The summed E-state index contributed by atoms with van der Waals surface area (Å²) in [6.07, 6.45) is 3.76. The van der Waals surface area contributed by atoms with Gasteiger partial charge < -0.3 is 0 Å². The zero-order chi connectivity index (χ0) is 8.39. The van der Waals surface area contributed by atoms with E-state index in [0.29, 0.717) is 0 Å². The summed E-state index contributed by atoms with van der Waals surface area (Å²) in [6.45, 7) is 0. The summed E-state index contributed by atoms with van der Waals surface area (Å²) >= 11 is 4.99. The highest BCUT2D eigenvalue weighted by Crippen LogP contribution is 2.33. The molecule has 1 aliphatic rings. The van der Waals surface area contributed by atoms with Gasteiger partial charge in [-0.25, -0.2) is 4.40 Å². The van der Waals surface area contributed by atoms with Crippen LogP contribution in [0, 0.1) is 0 Å². The first-order valence-electron chi connectivity index (χ1n) is 3.53. The molecule has 0 atom stereocenters. The molecule has 0 saturated carbocycles. The Bertz CT molecular complexity index is 357. The lowest BCUT2D eigenvalue weighted by molar-refractivity contribution is 1.42. The molecule has 0 radical (unpaired) electrons. The van der Waals surface area contributed by atoms with Gasteiger partial charge in [0.25, 0.3) is 0 Å². The number of hydrogen-bond acceptors (Lipinski definition) is 2. The summed E-state index contributed by atoms with van der Waals surface area (Å²) in [5.41, 5.74) is 1.21. The Morgan fingerprint density at radius 3 is 3.00 bits per heavy atom. The summed E-state index contributed by atoms with van der Waals surface area (Å²) < 4.78 is 5.24. The first kappa shape index (κ1) is 8.08. The van der Waals surface area contributed by atoms with Gasteiger partial charge in [-0.15, -0.1) is 0 Å². The zero-order valence-electron chi connectivity index (χ0n) is 6.20. The molecule has 0 spiro atoms. The number of benzene rings is 1. The van der Waals surface area contributed by atoms with Crippen LogP contribution in [-0.4, -0.2) is 6.21 Å². The van der Waals surface area contributed by atoms with E-state index in [1.807, 2.05) is 18.2 Å². The van der Waals surface area contributed by atoms with E-state index in [9.17, 15) is 0 Å². The minimum Gasteiger partial charge on any atom is -0.219 e. The van der Waals surface area contributed by atoms with Crippen LogP contribution < -0.4 is 0 Å². The second kappa shape index (κ2) is 3.46. The average molecular weight is 240 g/mol. The van der Waals surface area contributed by atoms with Crippen LogP contribution >= 0.6 is 27.9 Å². The largest absolute Gasteiger partial charge is 0.219 e. The van der Waals surface area contributed by atoms with E-state index >= 15 is 0 Å². The minimum absolute atomic E-state index is 1.09. The quantitative estimate of drug-likeness (QED) is 0.632. The van der Waals surface area contributed by atoms with Crippen molar-refractivity contribution < 1.29 is 0 Å². The Kier molecular flexibility index (Phi) is 2.33. The fourth-order valence-electron chi connectivity index (χ4n) is 1.02. The van der Waals surface area contributed by atoms with E-state index < -0.39 is 0 Å². The monoisotopic (exact) mass is 239 g/mol. The molecular weight excluding hydrogens is 234 g/mol. The maximum Gasteiger partial charge on any atom is 0.0389 e. The molecule has 0 bridgehead atoms. The highest BCUT2D eigenvalue weighted by atomic mass is 79.9. The number of rotatable bonds is 0. The molecule has 0 unspecified atom stereocenters. The van der Waals surface area contributed by atoms with Gasteiger partial charge in [0, 0.05) is 33.1 Å². The fraction of sp³-hybridized carbons (Fsp3) is 0. The Balaban J connectivity index is 2.58. The fourth-order valence-corrected chi connectivity index (χ4v) is 2.26. The van der Waals surface area contributed by atoms with Crippen molar-refractivity contribution in [3.05, 3.63) is 35.9 Å². The predicted octanol–water partition coefficient (Wildman–Crippen LogP) is 3.51. The lowest BCUT2D eigenvalue weighted by Crippen LogP contribution is -1.78. The third-order valence-corrected chi connectivity index (χ3v) is 3.05. The lowest BCUT2D eigenvalue weighted by Gasteiger charge is -2.01. The van der Waals surface area contributed by atoms with Gasteiger partial charge in [0.15, 0.2) is 0 Å². The molecule has 1 aliphatic heterocycles. The smallest absolute Gasteiger partial charge is 0.0389 e. The van der Waals surface area contributed by atoms with Crippen LogP contribution in [0.4, 0.5) is 0 Å². The first-order chi connectivity index (χ1) is 5.88. The van der Waals surface area contributed by atoms with Crippen molar-refractivity contribution >= 4 is 38.6 Å². The van der Waals surface area contributed by atoms with Crippen LogP contribution in [0.3, 0.4) is 0 Å². The van der Waals surface area contributed by atoms with Crippen molar-refractivity contribution in [2.24, 2.45) is 4.40 Å². The third-order valence-electron chi connectivity index (χ3n) is 1.58. The molecule has 12 heavy (non-hydrogen) atoms. The van der Waals surface area contributed by atoms with E-state index in [4.69, 9.17) is 0 Å². The van der Waals surface area contributed by atoms with Crippen LogP contribution in [0.5, 0.6) is 0 Å². The summed E-state index contributed by atoms with van der Waals surface area (Å²) in [4.78, 5) is 1.19. The summed E-state index contributed by atoms with van der Waals surface area (Å²) in [5, 5.41) is 0. The maximum atomic E-state index is 4.15. The van der Waals surface area contributed by atoms with Gasteiger partial charge in [0.05, 0.1) is 0 Å². The third kappa shape index (κ3) is 1.47. The molecule has 0 aromatic heterocycles. The molecule has 0 fully saturated rings. The van der Waals surface area contributed by atoms with Gasteiger partial charge in [-0.1, -0.05) is 34.1 Å². The molecule has 3 heteroatoms. The van der Waals surface area contributed by atoms with Crippen LogP contribution in [0.2, 0.25) is 0 Å². The van der Waals surface area contributed by atoms with Gasteiger partial charge in [-0.3, -0.25) is 0 Å². The first-order valence-corrected chi connectivity index (χ1v) is 5.10. The van der Waals surface area contributed by atoms with Crippen molar-refractivity contribution in [2.75, 3.05) is 0 Å². The molecule has 0 aliphatic carbocycles. The van der Waals surface area contributed by atoms with Crippen molar-refractivity contribution in [2.45, 2.75) is 4.90 Å². The standard InChI is InChI=1S/C9H6BrNS/c10-8-5-6-11-12-9-4-2-1-3-7(8)9/h1-6H. The number of fused-ring (bicyclic) bond motifs is 1. The molecule has 60 valence electrons. The highest BCUT2D eigenvalue weighted by molar-refractivity contribution is 9.15. The van der Waals surface area contributed by atoms with Crippen LogP contribution in [0.15, 0.2) is 39.6 Å². The summed E-state index contributed by atoms with van der Waals surface area (Å²) in [6, 6.07) is 8.20. The highest BCUT2D eigenvalue weighted by Gasteiger charge is 2.06. The topological polar surface area (TPSA) is 12.4 Å². The number of halogens is 1. The Morgan fingerprint density at radius 1 is 1.25 bits per heavy atom. The molecule has 0 saturated heterocycles. The van der Waals surface area contributed by atoms with Crippen molar-refractivity contribution in [1.82, 2.24) is 0 Å². The molecular formula is C9H6BrNS. The van der Waals surface area contributed by atoms with E-state index in [-0.39, 0.29) is 0 Å². The number of nitrogens with zero attached hydrogens (tertiary/aromatic N) is 1. The SMILES string of the molecule is BrC1=CC=NSc2ccccc21. The summed E-state index contributed by atoms with van der Waals surface area (Å²) in [7, 11) is 0. The molecule has 0 amide bonds. The molecule has 1 aromatic rings. The molecule has 2 rings (SSSR count). The predicted molar refractivity (Wildman–Crippen MR) is 57.7 cm³/mol. The molecule has 0 N–H and O–H groups in total. The van der Waals surface area contributed by atoms with Crippen LogP contribution in [0.1, 0.15) is 5.56 Å². The van der Waals surface area contributed by atoms with Gasteiger partial charge in [0.1, 0.15) is 0 Å². The molecule has 1 heterocycles. The van der Waals surface area contributed by atoms with E-state index in [0.717, 1.165) is 4.48 Å². The van der Waals surface area contributed by atoms with Crippen molar-refractivity contribution in [1.29, 1.82) is 0 Å². The van der Waals surface area contributed by atoms with E-state index in [1.165, 1.54) is 22.4 Å². The molecule has 1 aromatic carbocycles. The maximum absolute atomic E-state index is 4.15. The lowest BCUT2D eigenvalue weighted by atomic mass is 10.2. The normalized spacial score (nSPS) is 14.9. The van der Waals surface area contributed by atoms with Gasteiger partial charge in [0.2, 0.25) is 0 Å². The average Bonchev–Trinajstić information content (AvgIpc) is 2.29. The van der Waals surface area contributed by atoms with Gasteiger partial charge in [-0.2, -0.15) is 0 Å². The zero-order valence-corrected chi connectivity index (χ0v) is 8.60. The van der Waals surface area contributed by atoms with Crippen molar-refractivity contribution in [3.8, 4) is 0 Å². The van der Waals surface area contributed by atoms with Crippen LogP contribution in [-0.2, 0) is 0 Å². The van der Waals surface area contributed by atoms with E-state index in [2.05, 4.69) is 32.5 Å². The Hall–Kier alpha value is -0.540. The number of hydrogen-bond donors (Lipinski definition) is 0. The van der Waals surface area contributed by atoms with Gasteiger partial charge in [-0.05, 0) is 12.1 Å². The second-order valence-corrected chi connectivity index (χ2v) is 4.04.